The van der Waals surface area contributed by atoms with Crippen LogP contribution in [0.3, 0.4) is 0 Å². The van der Waals surface area contributed by atoms with E-state index in [1.807, 2.05) is 25.1 Å². The van der Waals surface area contributed by atoms with Gasteiger partial charge in [0.2, 0.25) is 0 Å². The molecule has 17 heavy (non-hydrogen) atoms. The predicted molar refractivity (Wildman–Crippen MR) is 70.7 cm³/mol. The first-order chi connectivity index (χ1) is 8.22. The molecule has 92 valence electrons. The second-order valence-corrected chi connectivity index (χ2v) is 4.59. The Bertz CT molecular complexity index is 415. The Morgan fingerprint density at radius 2 is 2.35 bits per heavy atom. The van der Waals surface area contributed by atoms with Gasteiger partial charge in [-0.2, -0.15) is 0 Å². The summed E-state index contributed by atoms with van der Waals surface area (Å²) in [5.74, 6) is 0.188. The zero-order chi connectivity index (χ0) is 12.3. The minimum absolute atomic E-state index is 0.0950. The monoisotopic (exact) mass is 232 g/mol. The molecule has 1 aromatic rings. The number of rotatable bonds is 5. The van der Waals surface area contributed by atoms with Gasteiger partial charge in [-0.05, 0) is 50.1 Å². The zero-order valence-corrected chi connectivity index (χ0v) is 10.5. The molecule has 1 atom stereocenters. The van der Waals surface area contributed by atoms with Gasteiger partial charge in [-0.25, -0.2) is 0 Å². The van der Waals surface area contributed by atoms with E-state index in [4.69, 9.17) is 0 Å². The van der Waals surface area contributed by atoms with Crippen LogP contribution in [0.15, 0.2) is 18.2 Å². The summed E-state index contributed by atoms with van der Waals surface area (Å²) in [4.78, 5) is 12.2. The molecule has 1 aliphatic rings. The first-order valence-corrected chi connectivity index (χ1v) is 6.36. The van der Waals surface area contributed by atoms with E-state index in [9.17, 15) is 4.79 Å². The minimum atomic E-state index is -0.0950. The Morgan fingerprint density at radius 3 is 3.12 bits per heavy atom. The Balaban J connectivity index is 2.09. The highest BCUT2D eigenvalue weighted by molar-refractivity contribution is 6.00. The molecule has 0 bridgehead atoms. The van der Waals surface area contributed by atoms with Crippen LogP contribution in [0.1, 0.15) is 36.2 Å². The normalized spacial score (nSPS) is 15.2. The lowest BCUT2D eigenvalue weighted by Crippen LogP contribution is -2.34. The third kappa shape index (κ3) is 2.67. The molecule has 1 aromatic carbocycles. The van der Waals surface area contributed by atoms with Gasteiger partial charge in [-0.1, -0.05) is 6.92 Å². The number of fused-ring (bicyclic) bond motifs is 1. The van der Waals surface area contributed by atoms with Gasteiger partial charge in [-0.15, -0.1) is 0 Å². The Kier molecular flexibility index (Phi) is 3.79. The van der Waals surface area contributed by atoms with Crippen molar-refractivity contribution in [2.45, 2.75) is 32.7 Å². The van der Waals surface area contributed by atoms with Crippen LogP contribution in [0.25, 0.3) is 0 Å². The van der Waals surface area contributed by atoms with E-state index in [0.717, 1.165) is 31.5 Å². The third-order valence-electron chi connectivity index (χ3n) is 3.19. The molecule has 0 amide bonds. The molecule has 3 heteroatoms. The number of benzene rings is 1. The zero-order valence-electron chi connectivity index (χ0n) is 10.5. The highest BCUT2D eigenvalue weighted by Gasteiger charge is 2.17. The van der Waals surface area contributed by atoms with Crippen LogP contribution in [0, 0.1) is 0 Å². The third-order valence-corrected chi connectivity index (χ3v) is 3.19. The van der Waals surface area contributed by atoms with Crippen molar-refractivity contribution in [3.05, 3.63) is 29.3 Å². The first kappa shape index (κ1) is 12.1. The summed E-state index contributed by atoms with van der Waals surface area (Å²) >= 11 is 0. The summed E-state index contributed by atoms with van der Waals surface area (Å²) in [5, 5.41) is 6.54. The average Bonchev–Trinajstić information content (AvgIpc) is 2.81. The molecular formula is C14H20N2O. The molecule has 3 nitrogen and oxygen atoms in total. The standard InChI is InChI=1S/C14H20N2O/c1-3-7-15-10(2)14(17)12-4-5-13-11(9-12)6-8-16-13/h4-5,9-10,15-16H,3,6-8H2,1-2H3. The smallest absolute Gasteiger partial charge is 0.179 e. The van der Waals surface area contributed by atoms with E-state index in [1.54, 1.807) is 0 Å². The Labute approximate surface area is 103 Å². The maximum atomic E-state index is 12.2. The lowest BCUT2D eigenvalue weighted by Gasteiger charge is -2.12. The van der Waals surface area contributed by atoms with Crippen molar-refractivity contribution < 1.29 is 4.79 Å². The molecule has 0 fully saturated rings. The van der Waals surface area contributed by atoms with E-state index in [2.05, 4.69) is 17.6 Å². The molecule has 0 radical (unpaired) electrons. The summed E-state index contributed by atoms with van der Waals surface area (Å²) in [5.41, 5.74) is 3.26. The number of anilines is 1. The molecular weight excluding hydrogens is 212 g/mol. The van der Waals surface area contributed by atoms with Gasteiger partial charge in [0.1, 0.15) is 0 Å². The fourth-order valence-electron chi connectivity index (χ4n) is 2.16. The number of hydrogen-bond donors (Lipinski definition) is 2. The number of nitrogens with one attached hydrogen (secondary N) is 2. The Morgan fingerprint density at radius 1 is 1.53 bits per heavy atom. The van der Waals surface area contributed by atoms with Crippen molar-refractivity contribution in [3.8, 4) is 0 Å². The van der Waals surface area contributed by atoms with Crippen molar-refractivity contribution >= 4 is 11.5 Å². The van der Waals surface area contributed by atoms with Crippen molar-refractivity contribution in [2.75, 3.05) is 18.4 Å². The van der Waals surface area contributed by atoms with Crippen LogP contribution in [-0.2, 0) is 6.42 Å². The van der Waals surface area contributed by atoms with Crippen LogP contribution in [-0.4, -0.2) is 24.9 Å². The van der Waals surface area contributed by atoms with Crippen molar-refractivity contribution in [1.82, 2.24) is 5.32 Å². The van der Waals surface area contributed by atoms with Gasteiger partial charge in [0, 0.05) is 17.8 Å². The topological polar surface area (TPSA) is 41.1 Å². The molecule has 1 unspecified atom stereocenters. The van der Waals surface area contributed by atoms with Gasteiger partial charge >= 0.3 is 0 Å². The fourth-order valence-corrected chi connectivity index (χ4v) is 2.16. The number of hydrogen-bond acceptors (Lipinski definition) is 3. The van der Waals surface area contributed by atoms with E-state index >= 15 is 0 Å². The quantitative estimate of drug-likeness (QED) is 0.765. The maximum absolute atomic E-state index is 12.2. The molecule has 2 rings (SSSR count). The summed E-state index contributed by atoms with van der Waals surface area (Å²) in [6.07, 6.45) is 2.07. The largest absolute Gasteiger partial charge is 0.384 e. The van der Waals surface area contributed by atoms with Gasteiger partial charge < -0.3 is 10.6 Å². The molecule has 1 heterocycles. The first-order valence-electron chi connectivity index (χ1n) is 6.36. The van der Waals surface area contributed by atoms with Gasteiger partial charge in [0.25, 0.3) is 0 Å². The molecule has 1 aliphatic heterocycles. The molecule has 2 N–H and O–H groups in total. The maximum Gasteiger partial charge on any atom is 0.179 e. The lowest BCUT2D eigenvalue weighted by atomic mass is 10.0. The number of Topliss-reactive ketones (excluding diaryl/α,β-unsaturated/α-hetero) is 1. The van der Waals surface area contributed by atoms with Crippen LogP contribution in [0.2, 0.25) is 0 Å². The van der Waals surface area contributed by atoms with E-state index in [-0.39, 0.29) is 11.8 Å². The minimum Gasteiger partial charge on any atom is -0.384 e. The van der Waals surface area contributed by atoms with Crippen LogP contribution in [0.5, 0.6) is 0 Å². The van der Waals surface area contributed by atoms with Gasteiger partial charge in [0.15, 0.2) is 5.78 Å². The average molecular weight is 232 g/mol. The summed E-state index contributed by atoms with van der Waals surface area (Å²) in [7, 11) is 0. The molecule has 0 aromatic heterocycles. The number of carbonyl (C=O) groups is 1. The lowest BCUT2D eigenvalue weighted by molar-refractivity contribution is 0.0951. The van der Waals surface area contributed by atoms with E-state index in [1.165, 1.54) is 11.3 Å². The van der Waals surface area contributed by atoms with Crippen LogP contribution < -0.4 is 10.6 Å². The Hall–Kier alpha value is -1.35. The van der Waals surface area contributed by atoms with Gasteiger partial charge in [0.05, 0.1) is 6.04 Å². The van der Waals surface area contributed by atoms with E-state index in [0.29, 0.717) is 0 Å². The highest BCUT2D eigenvalue weighted by Crippen LogP contribution is 2.23. The van der Waals surface area contributed by atoms with Crippen molar-refractivity contribution in [1.29, 1.82) is 0 Å². The molecule has 0 saturated carbocycles. The van der Waals surface area contributed by atoms with E-state index < -0.39 is 0 Å². The van der Waals surface area contributed by atoms with Crippen molar-refractivity contribution in [3.63, 3.8) is 0 Å². The fraction of sp³-hybridized carbons (Fsp3) is 0.500. The molecule has 0 spiro atoms. The highest BCUT2D eigenvalue weighted by atomic mass is 16.1. The number of carbonyl (C=O) groups excluding carboxylic acids is 1. The number of ketones is 1. The van der Waals surface area contributed by atoms with Crippen molar-refractivity contribution in [2.24, 2.45) is 0 Å². The van der Waals surface area contributed by atoms with Crippen LogP contribution in [0.4, 0.5) is 5.69 Å². The van der Waals surface area contributed by atoms with Gasteiger partial charge in [-0.3, -0.25) is 4.79 Å². The van der Waals surface area contributed by atoms with Crippen LogP contribution >= 0.6 is 0 Å². The summed E-state index contributed by atoms with van der Waals surface area (Å²) in [6, 6.07) is 5.87. The second-order valence-electron chi connectivity index (χ2n) is 4.59. The predicted octanol–water partition coefficient (Wildman–Crippen LogP) is 2.23. The SMILES string of the molecule is CCCNC(C)C(=O)c1ccc2c(c1)CCN2. The molecule has 0 saturated heterocycles. The second kappa shape index (κ2) is 5.32. The summed E-state index contributed by atoms with van der Waals surface area (Å²) < 4.78 is 0. The molecule has 0 aliphatic carbocycles. The summed E-state index contributed by atoms with van der Waals surface area (Å²) in [6.45, 7) is 5.91.